The number of rotatable bonds is 7. The van der Waals surface area contributed by atoms with Crippen LogP contribution in [0.15, 0.2) is 16.7 Å². The Kier molecular flexibility index (Phi) is 5.47. The summed E-state index contributed by atoms with van der Waals surface area (Å²) in [6, 6.07) is 3.75. The summed E-state index contributed by atoms with van der Waals surface area (Å²) in [6.07, 6.45) is 0. The van der Waals surface area contributed by atoms with Crippen LogP contribution in [-0.4, -0.2) is 38.7 Å². The zero-order chi connectivity index (χ0) is 16.3. The van der Waals surface area contributed by atoms with Gasteiger partial charge >= 0.3 is 0 Å². The summed E-state index contributed by atoms with van der Waals surface area (Å²) in [6.45, 7) is 7.84. The van der Waals surface area contributed by atoms with E-state index in [0.717, 1.165) is 28.5 Å². The van der Waals surface area contributed by atoms with Crippen molar-refractivity contribution in [3.63, 3.8) is 0 Å². The van der Waals surface area contributed by atoms with Gasteiger partial charge in [-0.05, 0) is 38.5 Å². The van der Waals surface area contributed by atoms with Crippen molar-refractivity contribution < 1.29 is 14.4 Å². The molecule has 0 fully saturated rings. The van der Waals surface area contributed by atoms with Crippen LogP contribution in [0.25, 0.3) is 5.82 Å². The standard InChI is InChI=1S/C16H22N2O3S/c1-10(7-19)8-22-9-15(20)14-5-11(2)18(13(14)4)16-6-12(3)21-17-16/h5-6,10,19H,7-9H2,1-4H3. The largest absolute Gasteiger partial charge is 0.396 e. The van der Waals surface area contributed by atoms with Gasteiger partial charge in [-0.25, -0.2) is 0 Å². The number of nitrogens with zero attached hydrogens (tertiary/aromatic N) is 2. The third kappa shape index (κ3) is 3.62. The molecule has 2 aromatic rings. The van der Waals surface area contributed by atoms with Crippen molar-refractivity contribution in [2.24, 2.45) is 5.92 Å². The van der Waals surface area contributed by atoms with E-state index in [1.165, 1.54) is 0 Å². The lowest BCUT2D eigenvalue weighted by Gasteiger charge is -2.07. The number of hydrogen-bond acceptors (Lipinski definition) is 5. The molecule has 0 amide bonds. The molecule has 6 heteroatoms. The molecular weight excluding hydrogens is 300 g/mol. The number of aliphatic hydroxyl groups is 1. The SMILES string of the molecule is Cc1cc(-n2c(C)cc(C(=O)CSCC(C)CO)c2C)no1. The Bertz CT molecular complexity index is 660. The number of carbonyl (C=O) groups is 1. The topological polar surface area (TPSA) is 68.3 Å². The smallest absolute Gasteiger partial charge is 0.180 e. The van der Waals surface area contributed by atoms with Gasteiger partial charge in [0.15, 0.2) is 11.6 Å². The Labute approximate surface area is 134 Å². The quantitative estimate of drug-likeness (QED) is 0.794. The van der Waals surface area contributed by atoms with E-state index >= 15 is 0 Å². The summed E-state index contributed by atoms with van der Waals surface area (Å²) < 4.78 is 7.05. The molecule has 5 nitrogen and oxygen atoms in total. The minimum atomic E-state index is 0.106. The minimum Gasteiger partial charge on any atom is -0.396 e. The van der Waals surface area contributed by atoms with E-state index in [4.69, 9.17) is 9.63 Å². The second-order valence-corrected chi connectivity index (χ2v) is 6.67. The highest BCUT2D eigenvalue weighted by molar-refractivity contribution is 7.99. The van der Waals surface area contributed by atoms with Crippen LogP contribution in [0.1, 0.15) is 34.4 Å². The van der Waals surface area contributed by atoms with Crippen LogP contribution in [0.3, 0.4) is 0 Å². The molecule has 0 aromatic carbocycles. The molecule has 1 atom stereocenters. The number of thioether (sulfide) groups is 1. The molecule has 2 rings (SSSR count). The van der Waals surface area contributed by atoms with Crippen molar-refractivity contribution in [3.8, 4) is 5.82 Å². The molecule has 0 aliphatic carbocycles. The summed E-state index contributed by atoms with van der Waals surface area (Å²) in [5.41, 5.74) is 2.57. The lowest BCUT2D eigenvalue weighted by molar-refractivity contribution is 0.102. The Morgan fingerprint density at radius 3 is 2.73 bits per heavy atom. The van der Waals surface area contributed by atoms with Crippen LogP contribution in [-0.2, 0) is 0 Å². The number of hydrogen-bond donors (Lipinski definition) is 1. The molecule has 0 radical (unpaired) electrons. The maximum absolute atomic E-state index is 12.4. The van der Waals surface area contributed by atoms with Gasteiger partial charge in [-0.3, -0.25) is 9.36 Å². The average Bonchev–Trinajstić information content (AvgIpc) is 3.02. The minimum absolute atomic E-state index is 0.106. The first-order chi connectivity index (χ1) is 10.4. The average molecular weight is 322 g/mol. The van der Waals surface area contributed by atoms with Crippen molar-refractivity contribution >= 4 is 17.5 Å². The van der Waals surface area contributed by atoms with Crippen molar-refractivity contribution in [2.45, 2.75) is 27.7 Å². The van der Waals surface area contributed by atoms with Gasteiger partial charge in [-0.2, -0.15) is 11.8 Å². The van der Waals surface area contributed by atoms with Crippen LogP contribution in [0.5, 0.6) is 0 Å². The fourth-order valence-electron chi connectivity index (χ4n) is 2.34. The third-order valence-corrected chi connectivity index (χ3v) is 4.79. The molecule has 0 spiro atoms. The van der Waals surface area contributed by atoms with Gasteiger partial charge in [-0.1, -0.05) is 12.1 Å². The van der Waals surface area contributed by atoms with E-state index in [0.29, 0.717) is 11.6 Å². The Hall–Kier alpha value is -1.53. The number of carbonyl (C=O) groups excluding carboxylic acids is 1. The van der Waals surface area contributed by atoms with Gasteiger partial charge in [0.25, 0.3) is 0 Å². The molecule has 1 N–H and O–H groups in total. The van der Waals surface area contributed by atoms with Crippen LogP contribution in [0.4, 0.5) is 0 Å². The van der Waals surface area contributed by atoms with Crippen molar-refractivity contribution in [1.82, 2.24) is 9.72 Å². The molecule has 120 valence electrons. The van der Waals surface area contributed by atoms with Gasteiger partial charge in [-0.15, -0.1) is 0 Å². The summed E-state index contributed by atoms with van der Waals surface area (Å²) >= 11 is 1.56. The van der Waals surface area contributed by atoms with E-state index < -0.39 is 0 Å². The molecule has 0 aliphatic heterocycles. The lowest BCUT2D eigenvalue weighted by atomic mass is 10.2. The Morgan fingerprint density at radius 2 is 2.14 bits per heavy atom. The molecule has 1 unspecified atom stereocenters. The van der Waals surface area contributed by atoms with Gasteiger partial charge in [0.2, 0.25) is 0 Å². The monoisotopic (exact) mass is 322 g/mol. The maximum Gasteiger partial charge on any atom is 0.180 e. The van der Waals surface area contributed by atoms with Gasteiger partial charge < -0.3 is 9.63 Å². The summed E-state index contributed by atoms with van der Waals surface area (Å²) in [7, 11) is 0. The lowest BCUT2D eigenvalue weighted by Crippen LogP contribution is -2.09. The molecule has 0 saturated carbocycles. The summed E-state index contributed by atoms with van der Waals surface area (Å²) in [5, 5.41) is 13.0. The predicted octanol–water partition coefficient (Wildman–Crippen LogP) is 2.93. The zero-order valence-electron chi connectivity index (χ0n) is 13.4. The normalized spacial score (nSPS) is 12.6. The molecule has 2 aromatic heterocycles. The van der Waals surface area contributed by atoms with Crippen molar-refractivity contribution in [2.75, 3.05) is 18.1 Å². The second-order valence-electron chi connectivity index (χ2n) is 5.64. The summed E-state index contributed by atoms with van der Waals surface area (Å²) in [4.78, 5) is 12.4. The van der Waals surface area contributed by atoms with E-state index in [1.807, 2.05) is 44.4 Å². The fraction of sp³-hybridized carbons (Fsp3) is 0.500. The van der Waals surface area contributed by atoms with Gasteiger partial charge in [0.05, 0.1) is 5.75 Å². The first-order valence-corrected chi connectivity index (χ1v) is 8.44. The van der Waals surface area contributed by atoms with E-state index in [2.05, 4.69) is 5.16 Å². The third-order valence-electron chi connectivity index (χ3n) is 3.52. The molecule has 22 heavy (non-hydrogen) atoms. The van der Waals surface area contributed by atoms with E-state index in [9.17, 15) is 4.79 Å². The van der Waals surface area contributed by atoms with Gasteiger partial charge in [0, 0.05) is 29.6 Å². The van der Waals surface area contributed by atoms with Crippen LogP contribution >= 0.6 is 11.8 Å². The number of aromatic nitrogens is 2. The fourth-order valence-corrected chi connectivity index (χ4v) is 3.31. The highest BCUT2D eigenvalue weighted by Gasteiger charge is 2.18. The zero-order valence-corrected chi connectivity index (χ0v) is 14.2. The maximum atomic E-state index is 12.4. The van der Waals surface area contributed by atoms with Gasteiger partial charge in [0.1, 0.15) is 5.76 Å². The van der Waals surface area contributed by atoms with E-state index in [-0.39, 0.29) is 18.3 Å². The summed E-state index contributed by atoms with van der Waals surface area (Å²) in [5.74, 6) is 2.96. The van der Waals surface area contributed by atoms with E-state index in [1.54, 1.807) is 11.8 Å². The Morgan fingerprint density at radius 1 is 1.41 bits per heavy atom. The number of Topliss-reactive ketones (excluding diaryl/α,β-unsaturated/α-hetero) is 1. The highest BCUT2D eigenvalue weighted by Crippen LogP contribution is 2.22. The van der Waals surface area contributed by atoms with Crippen LogP contribution in [0, 0.1) is 26.7 Å². The van der Waals surface area contributed by atoms with Crippen LogP contribution < -0.4 is 0 Å². The molecular formula is C16H22N2O3S. The molecule has 2 heterocycles. The first kappa shape index (κ1) is 16.8. The molecule has 0 bridgehead atoms. The molecule has 0 aliphatic rings. The number of aryl methyl sites for hydroxylation is 2. The second kappa shape index (κ2) is 7.15. The highest BCUT2D eigenvalue weighted by atomic mass is 32.2. The number of ketones is 1. The van der Waals surface area contributed by atoms with Crippen molar-refractivity contribution in [3.05, 3.63) is 34.8 Å². The van der Waals surface area contributed by atoms with Crippen molar-refractivity contribution in [1.29, 1.82) is 0 Å². The Balaban J connectivity index is 2.14. The van der Waals surface area contributed by atoms with Crippen LogP contribution in [0.2, 0.25) is 0 Å². The number of aliphatic hydroxyl groups excluding tert-OH is 1. The molecule has 0 saturated heterocycles. The first-order valence-electron chi connectivity index (χ1n) is 7.28. The predicted molar refractivity (Wildman–Crippen MR) is 87.9 cm³/mol.